The number of nitrogens with zero attached hydrogens (tertiary/aromatic N) is 1. The molecular formula is C12H14N2O8. The normalized spacial score (nSPS) is 28.3. The molecule has 1 saturated heterocycles. The molecule has 1 aromatic heterocycles. The summed E-state index contributed by atoms with van der Waals surface area (Å²) in [6.07, 6.45) is -2.65. The number of aliphatic hydroxyl groups excluding tert-OH is 3. The largest absolute Gasteiger partial charge is 0.478 e. The molecule has 1 aromatic rings. The Kier molecular flexibility index (Phi) is 4.56. The number of nitrogens with one attached hydrogen (secondary N) is 1. The highest BCUT2D eigenvalue weighted by molar-refractivity contribution is 5.85. The summed E-state index contributed by atoms with van der Waals surface area (Å²) >= 11 is 0. The third kappa shape index (κ3) is 2.99. The van der Waals surface area contributed by atoms with E-state index in [1.807, 2.05) is 4.98 Å². The van der Waals surface area contributed by atoms with Gasteiger partial charge in [-0.05, 0) is 6.08 Å². The van der Waals surface area contributed by atoms with Gasteiger partial charge in [-0.15, -0.1) is 0 Å². The number of aliphatic hydroxyl groups is 3. The van der Waals surface area contributed by atoms with Gasteiger partial charge in [0.15, 0.2) is 6.23 Å². The second kappa shape index (κ2) is 6.23. The first-order chi connectivity index (χ1) is 10.3. The Bertz CT molecular complexity index is 706. The number of aliphatic carboxylic acids is 1. The van der Waals surface area contributed by atoms with Gasteiger partial charge in [-0.1, -0.05) is 0 Å². The van der Waals surface area contributed by atoms with Crippen molar-refractivity contribution in [3.05, 3.63) is 38.7 Å². The fourth-order valence-electron chi connectivity index (χ4n) is 2.08. The van der Waals surface area contributed by atoms with Crippen LogP contribution in [0.4, 0.5) is 0 Å². The molecule has 0 radical (unpaired) electrons. The van der Waals surface area contributed by atoms with Gasteiger partial charge in [-0.2, -0.15) is 0 Å². The number of carbonyl (C=O) groups is 1. The van der Waals surface area contributed by atoms with E-state index in [9.17, 15) is 24.6 Å². The standard InChI is InChI=1S/C12H14N2O8/c15-4-6-8(18)9(19)11(22-6)14-3-5(1-2-7(16)17)10(20)13-12(14)21/h1-3,6,8-9,11,15,18-19H,4H2,(H,16,17)(H,13,20,21)/b2-1+/t6-,8+,9-,11-/m1/s1. The quantitative estimate of drug-likeness (QED) is 0.373. The summed E-state index contributed by atoms with van der Waals surface area (Å²) in [4.78, 5) is 35.8. The maximum Gasteiger partial charge on any atom is 0.330 e. The average Bonchev–Trinajstić information content (AvgIpc) is 2.74. The molecule has 4 atom stereocenters. The minimum Gasteiger partial charge on any atom is -0.478 e. The third-order valence-corrected chi connectivity index (χ3v) is 3.19. The maximum atomic E-state index is 11.8. The fraction of sp³-hybridized carbons (Fsp3) is 0.417. The van der Waals surface area contributed by atoms with Gasteiger partial charge in [-0.3, -0.25) is 14.3 Å². The summed E-state index contributed by atoms with van der Waals surface area (Å²) in [5.41, 5.74) is -1.88. The lowest BCUT2D eigenvalue weighted by Crippen LogP contribution is -2.38. The molecule has 0 spiro atoms. The van der Waals surface area contributed by atoms with Crippen LogP contribution in [0.5, 0.6) is 0 Å². The highest BCUT2D eigenvalue weighted by Gasteiger charge is 2.43. The minimum absolute atomic E-state index is 0.153. The average molecular weight is 314 g/mol. The third-order valence-electron chi connectivity index (χ3n) is 3.19. The van der Waals surface area contributed by atoms with Gasteiger partial charge < -0.3 is 25.2 Å². The first kappa shape index (κ1) is 16.1. The van der Waals surface area contributed by atoms with E-state index in [1.165, 1.54) is 0 Å². The Morgan fingerprint density at radius 2 is 2.05 bits per heavy atom. The second-order valence-electron chi connectivity index (χ2n) is 4.65. The molecule has 10 heteroatoms. The Morgan fingerprint density at radius 3 is 2.59 bits per heavy atom. The van der Waals surface area contributed by atoms with Gasteiger partial charge in [0.25, 0.3) is 5.56 Å². The molecule has 5 N–H and O–H groups in total. The van der Waals surface area contributed by atoms with Crippen molar-refractivity contribution in [1.82, 2.24) is 9.55 Å². The zero-order chi connectivity index (χ0) is 16.4. The Morgan fingerprint density at radius 1 is 1.36 bits per heavy atom. The molecule has 2 heterocycles. The van der Waals surface area contributed by atoms with E-state index < -0.39 is 48.4 Å². The molecule has 0 aromatic carbocycles. The SMILES string of the molecule is O=C(O)/C=C/c1cn([C@@H]2O[C@H](CO)[C@H](O)[C@H]2O)c(=O)[nH]c1=O. The van der Waals surface area contributed by atoms with Crippen molar-refractivity contribution < 1.29 is 30.0 Å². The Labute approximate surface area is 122 Å². The van der Waals surface area contributed by atoms with Crippen LogP contribution in [-0.2, 0) is 9.53 Å². The van der Waals surface area contributed by atoms with Crippen LogP contribution in [-0.4, -0.2) is 60.9 Å². The van der Waals surface area contributed by atoms with Crippen molar-refractivity contribution in [1.29, 1.82) is 0 Å². The number of ether oxygens (including phenoxy) is 1. The Balaban J connectivity index is 2.44. The summed E-state index contributed by atoms with van der Waals surface area (Å²) in [5, 5.41) is 37.1. The van der Waals surface area contributed by atoms with E-state index in [-0.39, 0.29) is 5.56 Å². The molecule has 0 unspecified atom stereocenters. The van der Waals surface area contributed by atoms with Crippen LogP contribution in [0.1, 0.15) is 11.8 Å². The molecule has 2 rings (SSSR count). The molecule has 0 amide bonds. The van der Waals surface area contributed by atoms with Crippen LogP contribution in [0.3, 0.4) is 0 Å². The van der Waals surface area contributed by atoms with Crippen LogP contribution >= 0.6 is 0 Å². The minimum atomic E-state index is -1.50. The predicted molar refractivity (Wildman–Crippen MR) is 71.0 cm³/mol. The summed E-state index contributed by atoms with van der Waals surface area (Å²) in [6, 6.07) is 0. The Hall–Kier alpha value is -2.27. The van der Waals surface area contributed by atoms with E-state index in [1.54, 1.807) is 0 Å². The lowest BCUT2D eigenvalue weighted by Gasteiger charge is -2.17. The molecule has 0 saturated carbocycles. The highest BCUT2D eigenvalue weighted by atomic mass is 16.6. The zero-order valence-corrected chi connectivity index (χ0v) is 11.1. The molecular weight excluding hydrogens is 300 g/mol. The molecule has 1 aliphatic heterocycles. The molecule has 120 valence electrons. The fourth-order valence-corrected chi connectivity index (χ4v) is 2.08. The molecule has 0 bridgehead atoms. The van der Waals surface area contributed by atoms with Gasteiger partial charge in [-0.25, -0.2) is 9.59 Å². The summed E-state index contributed by atoms with van der Waals surface area (Å²) in [5.74, 6) is -1.29. The smallest absolute Gasteiger partial charge is 0.330 e. The summed E-state index contributed by atoms with van der Waals surface area (Å²) in [7, 11) is 0. The number of hydrogen-bond donors (Lipinski definition) is 5. The number of hydrogen-bond acceptors (Lipinski definition) is 7. The first-order valence-corrected chi connectivity index (χ1v) is 6.24. The van der Waals surface area contributed by atoms with Crippen LogP contribution in [0, 0.1) is 0 Å². The van der Waals surface area contributed by atoms with Crippen LogP contribution in [0.25, 0.3) is 6.08 Å². The molecule has 0 aliphatic carbocycles. The summed E-state index contributed by atoms with van der Waals surface area (Å²) in [6.45, 7) is -0.571. The van der Waals surface area contributed by atoms with Crippen molar-refractivity contribution in [2.45, 2.75) is 24.5 Å². The predicted octanol–water partition coefficient (Wildman–Crippen LogP) is -2.75. The van der Waals surface area contributed by atoms with Crippen molar-refractivity contribution in [2.75, 3.05) is 6.61 Å². The topological polar surface area (TPSA) is 162 Å². The number of rotatable bonds is 4. The van der Waals surface area contributed by atoms with E-state index >= 15 is 0 Å². The van der Waals surface area contributed by atoms with Crippen LogP contribution < -0.4 is 11.2 Å². The van der Waals surface area contributed by atoms with Crippen molar-refractivity contribution in [3.8, 4) is 0 Å². The van der Waals surface area contributed by atoms with E-state index in [0.29, 0.717) is 6.08 Å². The first-order valence-electron chi connectivity index (χ1n) is 6.24. The maximum absolute atomic E-state index is 11.8. The van der Waals surface area contributed by atoms with Crippen molar-refractivity contribution in [2.24, 2.45) is 0 Å². The molecule has 22 heavy (non-hydrogen) atoms. The van der Waals surface area contributed by atoms with Gasteiger partial charge in [0.1, 0.15) is 18.3 Å². The second-order valence-corrected chi connectivity index (χ2v) is 4.65. The van der Waals surface area contributed by atoms with Crippen molar-refractivity contribution >= 4 is 12.0 Å². The number of H-pyrrole nitrogens is 1. The van der Waals surface area contributed by atoms with E-state index in [0.717, 1.165) is 16.8 Å². The lowest BCUT2D eigenvalue weighted by atomic mass is 10.1. The van der Waals surface area contributed by atoms with Crippen LogP contribution in [0.2, 0.25) is 0 Å². The highest BCUT2D eigenvalue weighted by Crippen LogP contribution is 2.27. The molecule has 10 nitrogen and oxygen atoms in total. The monoisotopic (exact) mass is 314 g/mol. The van der Waals surface area contributed by atoms with Gasteiger partial charge in [0.05, 0.1) is 12.2 Å². The number of carboxylic acid groups (broad SMARTS) is 1. The van der Waals surface area contributed by atoms with E-state index in [2.05, 4.69) is 0 Å². The van der Waals surface area contributed by atoms with Gasteiger partial charge >= 0.3 is 11.7 Å². The zero-order valence-electron chi connectivity index (χ0n) is 11.1. The number of aromatic nitrogens is 2. The van der Waals surface area contributed by atoms with Crippen LogP contribution in [0.15, 0.2) is 21.9 Å². The lowest BCUT2D eigenvalue weighted by molar-refractivity contribution is -0.131. The summed E-state index contributed by atoms with van der Waals surface area (Å²) < 4.78 is 5.98. The van der Waals surface area contributed by atoms with Gasteiger partial charge in [0.2, 0.25) is 0 Å². The molecule has 1 fully saturated rings. The number of aromatic amines is 1. The number of carboxylic acids is 1. The van der Waals surface area contributed by atoms with Crippen molar-refractivity contribution in [3.63, 3.8) is 0 Å². The van der Waals surface area contributed by atoms with E-state index in [4.69, 9.17) is 14.9 Å². The van der Waals surface area contributed by atoms with Gasteiger partial charge in [0, 0.05) is 12.3 Å². The molecule has 1 aliphatic rings.